The lowest BCUT2D eigenvalue weighted by Crippen LogP contribution is -2.71. The first-order chi connectivity index (χ1) is 11.2. The molecule has 0 fully saturated rings. The highest BCUT2D eigenvalue weighted by atomic mass is 32.3. The Morgan fingerprint density at radius 3 is 1.07 bits per heavy atom. The number of alkyl halides is 13. The molecular formula is C6HF14NO4S2. The van der Waals surface area contributed by atoms with E-state index in [-0.39, 0.29) is 0 Å². The van der Waals surface area contributed by atoms with E-state index in [1.165, 1.54) is 0 Å². The van der Waals surface area contributed by atoms with Crippen molar-refractivity contribution in [2.75, 3.05) is 0 Å². The highest BCUT2D eigenvalue weighted by Crippen LogP contribution is 2.60. The van der Waals surface area contributed by atoms with Gasteiger partial charge >= 0.3 is 45.5 Å². The van der Waals surface area contributed by atoms with Gasteiger partial charge in [-0.15, -0.1) is 0 Å². The average Bonchev–Trinajstić information content (AvgIpc) is 2.33. The molecule has 21 heteroatoms. The summed E-state index contributed by atoms with van der Waals surface area (Å²) in [5.74, 6) is -33.3. The smallest absolute Gasteiger partial charge is 0.205 e. The third kappa shape index (κ3) is 3.76. The summed E-state index contributed by atoms with van der Waals surface area (Å²) >= 11 is 0. The van der Waals surface area contributed by atoms with Gasteiger partial charge in [-0.3, -0.25) is 0 Å². The highest BCUT2D eigenvalue weighted by molar-refractivity contribution is 8.03. The second kappa shape index (κ2) is 6.19. The topological polar surface area (TPSA) is 80.3 Å². The maximum Gasteiger partial charge on any atom is 0.460 e. The molecule has 164 valence electrons. The molecule has 0 aromatic heterocycles. The molecule has 0 unspecified atom stereocenters. The zero-order valence-electron chi connectivity index (χ0n) is 11.2. The first-order valence-corrected chi connectivity index (χ1v) is 8.01. The first-order valence-electron chi connectivity index (χ1n) is 5.14. The van der Waals surface area contributed by atoms with E-state index in [4.69, 9.17) is 0 Å². The van der Waals surface area contributed by atoms with Crippen molar-refractivity contribution in [2.24, 2.45) is 0 Å². The zero-order chi connectivity index (χ0) is 22.7. The Labute approximate surface area is 138 Å². The summed E-state index contributed by atoms with van der Waals surface area (Å²) in [7, 11) is -14.9. The molecule has 0 atom stereocenters. The van der Waals surface area contributed by atoms with Crippen LogP contribution in [-0.4, -0.2) is 52.0 Å². The van der Waals surface area contributed by atoms with E-state index in [1.54, 1.807) is 0 Å². The van der Waals surface area contributed by atoms with Crippen molar-refractivity contribution in [2.45, 2.75) is 35.1 Å². The third-order valence-electron chi connectivity index (χ3n) is 2.45. The molecule has 1 N–H and O–H groups in total. The standard InChI is InChI=1S/C6HF14NO4S2/c7-1(8,3(11,12)5(15,16)17)2(9,10)4(13,14)6(18,19)26(22,23)21-27(20,24)25/h21H. The summed E-state index contributed by atoms with van der Waals surface area (Å²) in [6.07, 6.45) is -7.72. The van der Waals surface area contributed by atoms with Crippen LogP contribution in [0.25, 0.3) is 0 Å². The van der Waals surface area contributed by atoms with Gasteiger partial charge in [0.05, 0.1) is 0 Å². The van der Waals surface area contributed by atoms with E-state index < -0.39 is 59.7 Å². The molecule has 0 aliphatic rings. The lowest BCUT2D eigenvalue weighted by molar-refractivity contribution is -0.433. The molecule has 0 heterocycles. The van der Waals surface area contributed by atoms with E-state index in [0.29, 0.717) is 0 Å². The van der Waals surface area contributed by atoms with Crippen LogP contribution in [0, 0.1) is 0 Å². The summed E-state index contributed by atoms with van der Waals surface area (Å²) in [6.45, 7) is 0. The second-order valence-electron chi connectivity index (χ2n) is 4.34. The van der Waals surface area contributed by atoms with Gasteiger partial charge in [0.2, 0.25) is 0 Å². The van der Waals surface area contributed by atoms with E-state index in [0.717, 1.165) is 0 Å². The fourth-order valence-corrected chi connectivity index (χ4v) is 3.04. The molecule has 0 saturated carbocycles. The van der Waals surface area contributed by atoms with Crippen LogP contribution < -0.4 is 4.13 Å². The van der Waals surface area contributed by atoms with Gasteiger partial charge < -0.3 is 0 Å². The van der Waals surface area contributed by atoms with E-state index >= 15 is 0 Å². The van der Waals surface area contributed by atoms with Crippen molar-refractivity contribution in [3.63, 3.8) is 0 Å². The Hall–Kier alpha value is -1.12. The predicted octanol–water partition coefficient (Wildman–Crippen LogP) is 2.82. The van der Waals surface area contributed by atoms with Crippen molar-refractivity contribution in [1.29, 1.82) is 0 Å². The van der Waals surface area contributed by atoms with Crippen LogP contribution >= 0.6 is 0 Å². The predicted molar refractivity (Wildman–Crippen MR) is 52.9 cm³/mol. The molecule has 0 rings (SSSR count). The Kier molecular flexibility index (Phi) is 5.93. The number of hydrogen-bond acceptors (Lipinski definition) is 4. The number of hydrogen-bond donors (Lipinski definition) is 1. The maximum absolute atomic E-state index is 13.0. The van der Waals surface area contributed by atoms with Crippen molar-refractivity contribution in [1.82, 2.24) is 4.13 Å². The van der Waals surface area contributed by atoms with Crippen molar-refractivity contribution < 1.29 is 77.8 Å². The average molecular weight is 481 g/mol. The Morgan fingerprint density at radius 2 is 0.815 bits per heavy atom. The molecule has 0 saturated heterocycles. The lowest BCUT2D eigenvalue weighted by Gasteiger charge is -2.39. The molecule has 27 heavy (non-hydrogen) atoms. The van der Waals surface area contributed by atoms with Crippen LogP contribution in [0.4, 0.5) is 61.0 Å². The lowest BCUT2D eigenvalue weighted by atomic mass is 9.98. The van der Waals surface area contributed by atoms with Crippen molar-refractivity contribution in [3.05, 3.63) is 0 Å². The van der Waals surface area contributed by atoms with Gasteiger partial charge in [-0.05, 0) is 0 Å². The Balaban J connectivity index is 6.65. The molecule has 0 bridgehead atoms. The Morgan fingerprint density at radius 1 is 0.519 bits per heavy atom. The van der Waals surface area contributed by atoms with E-state index in [1.807, 2.05) is 0 Å². The van der Waals surface area contributed by atoms with Crippen LogP contribution in [0.2, 0.25) is 0 Å². The third-order valence-corrected chi connectivity index (χ3v) is 5.06. The number of halogens is 14. The molecule has 5 nitrogen and oxygen atoms in total. The number of rotatable bonds is 7. The Bertz CT molecular complexity index is 781. The SMILES string of the molecule is O=S(=O)(F)NS(=O)(=O)C(F)(F)C(F)(F)C(F)(F)C(F)(F)C(F)(F)C(F)(F)F. The summed E-state index contributed by atoms with van der Waals surface area (Å²) in [6, 6.07) is 0. The largest absolute Gasteiger partial charge is 0.460 e. The van der Waals surface area contributed by atoms with Crippen molar-refractivity contribution >= 4 is 20.4 Å². The molecule has 0 aliphatic carbocycles. The summed E-state index contributed by atoms with van der Waals surface area (Å²) in [5, 5.41) is -7.84. The monoisotopic (exact) mass is 481 g/mol. The molecule has 0 amide bonds. The normalized spacial score (nSPS) is 16.5. The number of nitrogens with one attached hydrogen (secondary N) is 1. The summed E-state index contributed by atoms with van der Waals surface area (Å²) in [5.41, 5.74) is 0. The van der Waals surface area contributed by atoms with Gasteiger partial charge in [0.25, 0.3) is 10.0 Å². The summed E-state index contributed by atoms with van der Waals surface area (Å²) < 4.78 is 216. The molecule has 0 spiro atoms. The minimum absolute atomic E-state index is 1.01. The van der Waals surface area contributed by atoms with Crippen LogP contribution in [0.5, 0.6) is 0 Å². The quantitative estimate of drug-likeness (QED) is 0.448. The maximum atomic E-state index is 13.0. The molecule has 0 aromatic carbocycles. The second-order valence-corrected chi connectivity index (χ2v) is 7.40. The van der Waals surface area contributed by atoms with Gasteiger partial charge in [-0.1, -0.05) is 8.01 Å². The van der Waals surface area contributed by atoms with Crippen LogP contribution in [0.1, 0.15) is 0 Å². The van der Waals surface area contributed by atoms with E-state index in [9.17, 15) is 77.8 Å². The van der Waals surface area contributed by atoms with Crippen LogP contribution in [0.15, 0.2) is 0 Å². The van der Waals surface area contributed by atoms with Crippen molar-refractivity contribution in [3.8, 4) is 0 Å². The van der Waals surface area contributed by atoms with Gasteiger partial charge in [0, 0.05) is 0 Å². The molecule has 0 aliphatic heterocycles. The zero-order valence-corrected chi connectivity index (χ0v) is 12.9. The van der Waals surface area contributed by atoms with Gasteiger partial charge in [-0.2, -0.15) is 65.5 Å². The molecule has 0 aromatic rings. The van der Waals surface area contributed by atoms with Crippen LogP contribution in [-0.2, 0) is 20.4 Å². The fraction of sp³-hybridized carbons (Fsp3) is 1.00. The van der Waals surface area contributed by atoms with Gasteiger partial charge in [0.15, 0.2) is 0 Å². The molecule has 0 radical (unpaired) electrons. The summed E-state index contributed by atoms with van der Waals surface area (Å²) in [4.78, 5) is 0. The number of sulfonamides is 1. The minimum atomic E-state index is -8.47. The molecular weight excluding hydrogens is 480 g/mol. The minimum Gasteiger partial charge on any atom is -0.205 e. The van der Waals surface area contributed by atoms with Gasteiger partial charge in [-0.25, -0.2) is 8.42 Å². The van der Waals surface area contributed by atoms with E-state index in [2.05, 4.69) is 0 Å². The van der Waals surface area contributed by atoms with Gasteiger partial charge in [0.1, 0.15) is 0 Å². The van der Waals surface area contributed by atoms with Crippen LogP contribution in [0.3, 0.4) is 0 Å². The first kappa shape index (κ1) is 25.9. The fourth-order valence-electron chi connectivity index (χ4n) is 1.11. The highest BCUT2D eigenvalue weighted by Gasteiger charge is 2.92.